The number of amides is 1. The van der Waals surface area contributed by atoms with Crippen molar-refractivity contribution in [2.24, 2.45) is 23.7 Å². The molecule has 4 atom stereocenters. The molecule has 0 aromatic carbocycles. The monoisotopic (exact) mass is 286 g/mol. The van der Waals surface area contributed by atoms with Gasteiger partial charge in [-0.1, -0.05) is 18.2 Å². The van der Waals surface area contributed by atoms with Gasteiger partial charge >= 0.3 is 5.97 Å². The molecule has 0 aliphatic heterocycles. The van der Waals surface area contributed by atoms with Crippen molar-refractivity contribution in [1.82, 2.24) is 10.3 Å². The van der Waals surface area contributed by atoms with Crippen molar-refractivity contribution < 1.29 is 14.7 Å². The second kappa shape index (κ2) is 5.68. The Hall–Kier alpha value is -2.17. The number of carbonyl (C=O) groups is 2. The molecular formula is C16H18N2O3. The minimum Gasteiger partial charge on any atom is -0.481 e. The van der Waals surface area contributed by atoms with Crippen LogP contribution in [-0.2, 0) is 16.1 Å². The lowest BCUT2D eigenvalue weighted by molar-refractivity contribution is -0.153. The van der Waals surface area contributed by atoms with Crippen LogP contribution in [0, 0.1) is 23.7 Å². The number of hydrogen-bond acceptors (Lipinski definition) is 3. The fourth-order valence-corrected chi connectivity index (χ4v) is 3.49. The van der Waals surface area contributed by atoms with Crippen molar-refractivity contribution in [2.75, 3.05) is 0 Å². The molecule has 4 rings (SSSR count). The molecule has 1 fully saturated rings. The number of carboxylic acids is 1. The molecule has 0 unspecified atom stereocenters. The fraction of sp³-hybridized carbons (Fsp3) is 0.438. The van der Waals surface area contributed by atoms with Gasteiger partial charge in [0, 0.05) is 6.20 Å². The van der Waals surface area contributed by atoms with Crippen LogP contribution in [-0.4, -0.2) is 22.0 Å². The van der Waals surface area contributed by atoms with Gasteiger partial charge in [-0.2, -0.15) is 0 Å². The van der Waals surface area contributed by atoms with Gasteiger partial charge < -0.3 is 10.4 Å². The maximum atomic E-state index is 12.4. The third-order valence-corrected chi connectivity index (χ3v) is 4.51. The number of aromatic nitrogens is 1. The zero-order chi connectivity index (χ0) is 14.8. The molecule has 2 N–H and O–H groups in total. The van der Waals surface area contributed by atoms with E-state index >= 15 is 0 Å². The minimum absolute atomic E-state index is 0.0156. The third kappa shape index (κ3) is 2.68. The highest BCUT2D eigenvalue weighted by Gasteiger charge is 2.48. The summed E-state index contributed by atoms with van der Waals surface area (Å²) in [4.78, 5) is 28.1. The molecule has 1 heterocycles. The van der Waals surface area contributed by atoms with E-state index in [4.69, 9.17) is 0 Å². The van der Waals surface area contributed by atoms with Crippen LogP contribution in [0.2, 0.25) is 0 Å². The van der Waals surface area contributed by atoms with Crippen molar-refractivity contribution in [2.45, 2.75) is 19.4 Å². The van der Waals surface area contributed by atoms with Crippen LogP contribution in [0.15, 0.2) is 36.5 Å². The van der Waals surface area contributed by atoms with Crippen molar-refractivity contribution in [3.8, 4) is 0 Å². The summed E-state index contributed by atoms with van der Waals surface area (Å²) < 4.78 is 0. The lowest BCUT2D eigenvalue weighted by atomic mass is 9.62. The highest BCUT2D eigenvalue weighted by atomic mass is 16.4. The standard InChI is InChI=1S/C16H18N2O3/c19-15(18-9-12-3-1-2-8-17-12)13-10-4-6-11(7-5-10)14(13)16(20)21/h1-4,6,8,10-11,13-14H,5,7,9H2,(H,18,19)(H,20,21)/t10-,11-,13+,14+/m0/s1. The highest BCUT2D eigenvalue weighted by molar-refractivity contribution is 5.86. The van der Waals surface area contributed by atoms with E-state index < -0.39 is 17.8 Å². The van der Waals surface area contributed by atoms with Gasteiger partial charge in [0.15, 0.2) is 0 Å². The number of nitrogens with zero attached hydrogens (tertiary/aromatic N) is 1. The van der Waals surface area contributed by atoms with E-state index in [1.807, 2.05) is 30.4 Å². The number of hydrogen-bond donors (Lipinski definition) is 2. The first-order chi connectivity index (χ1) is 10.2. The van der Waals surface area contributed by atoms with E-state index in [2.05, 4.69) is 10.3 Å². The highest BCUT2D eigenvalue weighted by Crippen LogP contribution is 2.45. The van der Waals surface area contributed by atoms with Crippen LogP contribution in [0.5, 0.6) is 0 Å². The summed E-state index contributed by atoms with van der Waals surface area (Å²) in [6.45, 7) is 0.337. The molecule has 5 heteroatoms. The van der Waals surface area contributed by atoms with Crippen molar-refractivity contribution in [1.29, 1.82) is 0 Å². The summed E-state index contributed by atoms with van der Waals surface area (Å²) in [5.41, 5.74) is 0.772. The predicted octanol–water partition coefficient (Wildman–Crippen LogP) is 1.61. The number of aliphatic carboxylic acids is 1. The molecule has 0 saturated heterocycles. The Morgan fingerprint density at radius 1 is 1.19 bits per heavy atom. The smallest absolute Gasteiger partial charge is 0.307 e. The summed E-state index contributed by atoms with van der Waals surface area (Å²) in [6.07, 6.45) is 7.41. The second-order valence-electron chi connectivity index (χ2n) is 5.72. The van der Waals surface area contributed by atoms with E-state index in [-0.39, 0.29) is 17.7 Å². The number of allylic oxidation sites excluding steroid dienone is 2. The Kier molecular flexibility index (Phi) is 3.73. The molecule has 0 radical (unpaired) electrons. The Bertz CT molecular complexity index is 570. The SMILES string of the molecule is O=C(O)[C@H]1[C@H](C(=O)NCc2ccccn2)[C@H]2C=C[C@H]1CC2. The molecule has 3 aliphatic rings. The Morgan fingerprint density at radius 2 is 1.90 bits per heavy atom. The summed E-state index contributed by atoms with van der Waals surface area (Å²) in [5, 5.41) is 12.3. The van der Waals surface area contributed by atoms with Gasteiger partial charge in [-0.15, -0.1) is 0 Å². The predicted molar refractivity (Wildman–Crippen MR) is 76.1 cm³/mol. The summed E-state index contributed by atoms with van der Waals surface area (Å²) in [5.74, 6) is -2.08. The third-order valence-electron chi connectivity index (χ3n) is 4.51. The van der Waals surface area contributed by atoms with Crippen LogP contribution in [0.1, 0.15) is 18.5 Å². The zero-order valence-corrected chi connectivity index (χ0v) is 11.6. The maximum absolute atomic E-state index is 12.4. The van der Waals surface area contributed by atoms with Gasteiger partial charge in [-0.05, 0) is 36.8 Å². The molecule has 1 aromatic rings. The number of carboxylic acid groups (broad SMARTS) is 1. The number of nitrogens with one attached hydrogen (secondary N) is 1. The van der Waals surface area contributed by atoms with E-state index in [1.165, 1.54) is 0 Å². The van der Waals surface area contributed by atoms with E-state index in [1.54, 1.807) is 6.20 Å². The number of fused-ring (bicyclic) bond motifs is 2. The molecule has 1 amide bonds. The van der Waals surface area contributed by atoms with Gasteiger partial charge in [0.1, 0.15) is 0 Å². The van der Waals surface area contributed by atoms with Gasteiger partial charge in [-0.3, -0.25) is 14.6 Å². The Balaban J connectivity index is 1.71. The summed E-state index contributed by atoms with van der Waals surface area (Å²) in [6, 6.07) is 5.51. The molecule has 1 aromatic heterocycles. The maximum Gasteiger partial charge on any atom is 0.307 e. The van der Waals surface area contributed by atoms with Crippen LogP contribution in [0.25, 0.3) is 0 Å². The van der Waals surface area contributed by atoms with Crippen LogP contribution < -0.4 is 5.32 Å². The topological polar surface area (TPSA) is 79.3 Å². The van der Waals surface area contributed by atoms with E-state index in [9.17, 15) is 14.7 Å². The van der Waals surface area contributed by atoms with Crippen molar-refractivity contribution >= 4 is 11.9 Å². The first kappa shape index (κ1) is 13.8. The average molecular weight is 286 g/mol. The van der Waals surface area contributed by atoms with E-state index in [0.717, 1.165) is 18.5 Å². The van der Waals surface area contributed by atoms with Gasteiger partial charge in [0.2, 0.25) is 5.91 Å². The minimum atomic E-state index is -0.868. The summed E-state index contributed by atoms with van der Waals surface area (Å²) >= 11 is 0. The first-order valence-corrected chi connectivity index (χ1v) is 7.25. The lowest BCUT2D eigenvalue weighted by Crippen LogP contribution is -2.48. The largest absolute Gasteiger partial charge is 0.481 e. The first-order valence-electron chi connectivity index (χ1n) is 7.25. The van der Waals surface area contributed by atoms with Gasteiger partial charge in [0.05, 0.1) is 24.1 Å². The Morgan fingerprint density at radius 3 is 2.48 bits per heavy atom. The van der Waals surface area contributed by atoms with Crippen LogP contribution >= 0.6 is 0 Å². The second-order valence-corrected chi connectivity index (χ2v) is 5.72. The van der Waals surface area contributed by atoms with Crippen LogP contribution in [0.3, 0.4) is 0 Å². The molecule has 2 bridgehead atoms. The quantitative estimate of drug-likeness (QED) is 0.824. The average Bonchev–Trinajstić information content (AvgIpc) is 2.53. The number of rotatable bonds is 4. The molecule has 110 valence electrons. The van der Waals surface area contributed by atoms with Crippen molar-refractivity contribution in [3.05, 3.63) is 42.2 Å². The number of carbonyl (C=O) groups excluding carboxylic acids is 1. The molecular weight excluding hydrogens is 268 g/mol. The molecule has 5 nitrogen and oxygen atoms in total. The lowest BCUT2D eigenvalue weighted by Gasteiger charge is -2.41. The molecule has 21 heavy (non-hydrogen) atoms. The number of pyridine rings is 1. The summed E-state index contributed by atoms with van der Waals surface area (Å²) in [7, 11) is 0. The Labute approximate surface area is 123 Å². The van der Waals surface area contributed by atoms with Gasteiger partial charge in [0.25, 0.3) is 0 Å². The fourth-order valence-electron chi connectivity index (χ4n) is 3.49. The normalized spacial score (nSPS) is 30.1. The molecule has 3 aliphatic carbocycles. The molecule has 0 spiro atoms. The van der Waals surface area contributed by atoms with Crippen LogP contribution in [0.4, 0.5) is 0 Å². The van der Waals surface area contributed by atoms with E-state index in [0.29, 0.717) is 6.54 Å². The van der Waals surface area contributed by atoms with Crippen molar-refractivity contribution in [3.63, 3.8) is 0 Å². The van der Waals surface area contributed by atoms with Gasteiger partial charge in [-0.25, -0.2) is 0 Å². The molecule has 1 saturated carbocycles. The zero-order valence-electron chi connectivity index (χ0n) is 11.6.